The molecule has 1 aliphatic rings. The van der Waals surface area contributed by atoms with Gasteiger partial charge in [0.25, 0.3) is 11.8 Å². The molecule has 0 saturated heterocycles. The quantitative estimate of drug-likeness (QED) is 0.322. The van der Waals surface area contributed by atoms with E-state index in [0.717, 1.165) is 11.6 Å². The molecule has 0 spiro atoms. The molecule has 0 unspecified atom stereocenters. The number of benzene rings is 3. The molecule has 0 fully saturated rings. The van der Waals surface area contributed by atoms with Gasteiger partial charge in [-0.15, -0.1) is 0 Å². The molecule has 3 aromatic carbocycles. The van der Waals surface area contributed by atoms with E-state index >= 15 is 0 Å². The summed E-state index contributed by atoms with van der Waals surface area (Å²) in [7, 11) is 0. The zero-order chi connectivity index (χ0) is 27.9. The monoisotopic (exact) mass is 532 g/mol. The highest BCUT2D eigenvalue weighted by molar-refractivity contribution is 6.09. The van der Waals surface area contributed by atoms with Gasteiger partial charge in [-0.3, -0.25) is 9.59 Å². The number of aryl methyl sites for hydroxylation is 1. The van der Waals surface area contributed by atoms with Crippen LogP contribution in [-0.2, 0) is 11.0 Å². The first-order valence-corrected chi connectivity index (χ1v) is 12.0. The van der Waals surface area contributed by atoms with E-state index in [2.05, 4.69) is 15.3 Å². The summed E-state index contributed by atoms with van der Waals surface area (Å²) in [5, 5.41) is 2.55. The summed E-state index contributed by atoms with van der Waals surface area (Å²) in [5.41, 5.74) is -0.628. The van der Waals surface area contributed by atoms with Crippen molar-refractivity contribution in [2.75, 3.05) is 10.2 Å². The number of para-hydroxylation sites is 1. The van der Waals surface area contributed by atoms with E-state index in [4.69, 9.17) is 4.74 Å². The third kappa shape index (κ3) is 4.93. The second-order valence-electron chi connectivity index (χ2n) is 9.53. The van der Waals surface area contributed by atoms with Gasteiger partial charge in [-0.1, -0.05) is 35.9 Å². The average Bonchev–Trinajstić information content (AvgIpc) is 2.90. The Balaban J connectivity index is 1.64. The first-order chi connectivity index (χ1) is 18.5. The van der Waals surface area contributed by atoms with E-state index in [1.807, 2.05) is 6.92 Å². The maximum atomic E-state index is 13.9. The molecule has 2 heterocycles. The van der Waals surface area contributed by atoms with Crippen molar-refractivity contribution in [3.63, 3.8) is 0 Å². The van der Waals surface area contributed by atoms with Crippen LogP contribution in [0.25, 0.3) is 11.1 Å². The number of rotatable bonds is 4. The van der Waals surface area contributed by atoms with Gasteiger partial charge in [0.2, 0.25) is 5.95 Å². The zero-order valence-corrected chi connectivity index (χ0v) is 21.2. The Morgan fingerprint density at radius 1 is 0.974 bits per heavy atom. The average molecular weight is 533 g/mol. The minimum Gasteiger partial charge on any atom is -0.475 e. The van der Waals surface area contributed by atoms with Crippen molar-refractivity contribution in [1.82, 2.24) is 9.97 Å². The molecule has 1 aromatic heterocycles. The molecule has 5 rings (SSSR count). The van der Waals surface area contributed by atoms with Crippen molar-refractivity contribution >= 4 is 29.1 Å². The van der Waals surface area contributed by atoms with Crippen LogP contribution in [0.2, 0.25) is 0 Å². The number of aromatic nitrogens is 2. The van der Waals surface area contributed by atoms with E-state index in [-0.39, 0.29) is 11.7 Å². The Morgan fingerprint density at radius 3 is 2.33 bits per heavy atom. The summed E-state index contributed by atoms with van der Waals surface area (Å²) in [5.74, 6) is -0.945. The number of anilines is 3. The third-order valence-corrected chi connectivity index (χ3v) is 6.25. The van der Waals surface area contributed by atoms with E-state index in [0.29, 0.717) is 22.5 Å². The maximum Gasteiger partial charge on any atom is 0.417 e. The van der Waals surface area contributed by atoms with Crippen LogP contribution < -0.4 is 15.0 Å². The number of carbonyl (C=O) groups excluding carboxylic acids is 2. The van der Waals surface area contributed by atoms with Crippen LogP contribution >= 0.6 is 0 Å². The Bertz CT molecular complexity index is 1570. The molecular formula is C29H23F3N4O3. The predicted molar refractivity (Wildman–Crippen MR) is 140 cm³/mol. The number of fused-ring (bicyclic) bond motifs is 1. The summed E-state index contributed by atoms with van der Waals surface area (Å²) >= 11 is 0. The molecule has 0 atom stereocenters. The number of amides is 2. The van der Waals surface area contributed by atoms with Crippen molar-refractivity contribution in [3.05, 3.63) is 95.8 Å². The highest BCUT2D eigenvalue weighted by Gasteiger charge is 2.44. The third-order valence-electron chi connectivity index (χ3n) is 6.25. The van der Waals surface area contributed by atoms with Gasteiger partial charge in [0.05, 0.1) is 16.8 Å². The summed E-state index contributed by atoms with van der Waals surface area (Å²) < 4.78 is 47.9. The van der Waals surface area contributed by atoms with Crippen molar-refractivity contribution in [1.29, 1.82) is 0 Å². The fraction of sp³-hybridized carbons (Fsp3) is 0.172. The Hall–Kier alpha value is -4.73. The zero-order valence-electron chi connectivity index (χ0n) is 21.2. The van der Waals surface area contributed by atoms with Crippen molar-refractivity contribution in [2.45, 2.75) is 32.5 Å². The van der Waals surface area contributed by atoms with Gasteiger partial charge in [0.15, 0.2) is 11.4 Å². The molecule has 1 aliphatic heterocycles. The van der Waals surface area contributed by atoms with Gasteiger partial charge >= 0.3 is 6.18 Å². The molecular weight excluding hydrogens is 509 g/mol. The topological polar surface area (TPSA) is 84.4 Å². The SMILES string of the molecule is Cc1ccc(NC(=O)c2cc(-c3cccc4c3OC(C)(C)C(=O)N4c3ncccn3)ccc2C(F)(F)F)cc1. The smallest absolute Gasteiger partial charge is 0.417 e. The molecule has 4 aromatic rings. The lowest BCUT2D eigenvalue weighted by molar-refractivity contribution is -0.138. The number of carbonyl (C=O) groups is 2. The second kappa shape index (κ2) is 9.54. The molecule has 198 valence electrons. The molecule has 0 radical (unpaired) electrons. The largest absolute Gasteiger partial charge is 0.475 e. The van der Waals surface area contributed by atoms with Gasteiger partial charge in [-0.2, -0.15) is 13.2 Å². The lowest BCUT2D eigenvalue weighted by Gasteiger charge is -2.38. The number of halogens is 3. The summed E-state index contributed by atoms with van der Waals surface area (Å²) in [4.78, 5) is 36.1. The van der Waals surface area contributed by atoms with E-state index in [1.54, 1.807) is 62.4 Å². The molecule has 0 aliphatic carbocycles. The van der Waals surface area contributed by atoms with Crippen LogP contribution in [0.4, 0.5) is 30.5 Å². The van der Waals surface area contributed by atoms with Crippen molar-refractivity contribution in [3.8, 4) is 16.9 Å². The summed E-state index contributed by atoms with van der Waals surface area (Å²) in [6.07, 6.45) is -1.77. The van der Waals surface area contributed by atoms with E-state index < -0.39 is 34.7 Å². The van der Waals surface area contributed by atoms with Gasteiger partial charge in [-0.25, -0.2) is 14.9 Å². The normalized spacial score (nSPS) is 14.4. The molecule has 2 amide bonds. The maximum absolute atomic E-state index is 13.9. The summed E-state index contributed by atoms with van der Waals surface area (Å²) in [6.45, 7) is 5.02. The van der Waals surface area contributed by atoms with Crippen LogP contribution in [0.1, 0.15) is 35.3 Å². The molecule has 1 N–H and O–H groups in total. The van der Waals surface area contributed by atoms with Crippen LogP contribution in [0.5, 0.6) is 5.75 Å². The van der Waals surface area contributed by atoms with Crippen LogP contribution in [0, 0.1) is 6.92 Å². The molecule has 10 heteroatoms. The van der Waals surface area contributed by atoms with Gasteiger partial charge in [0.1, 0.15) is 0 Å². The molecule has 0 saturated carbocycles. The molecule has 0 bridgehead atoms. The Labute approximate surface area is 222 Å². The highest BCUT2D eigenvalue weighted by Crippen LogP contribution is 2.47. The summed E-state index contributed by atoms with van der Waals surface area (Å²) in [6, 6.07) is 16.6. The van der Waals surface area contributed by atoms with Crippen molar-refractivity contribution < 1.29 is 27.5 Å². The standard InChI is InChI=1S/C29H23F3N4O3/c1-17-8-11-19(12-9-17)35-25(37)21-16-18(10-13-22(21)29(30,31)32)20-6-4-7-23-24(20)39-28(2,3)26(38)36(23)27-33-14-5-15-34-27/h4-16H,1-3H3,(H,35,37). The highest BCUT2D eigenvalue weighted by atomic mass is 19.4. The number of alkyl halides is 3. The van der Waals surface area contributed by atoms with Crippen LogP contribution in [0.15, 0.2) is 79.1 Å². The minimum atomic E-state index is -4.76. The lowest BCUT2D eigenvalue weighted by Crippen LogP contribution is -2.51. The minimum absolute atomic E-state index is 0.128. The molecule has 7 nitrogen and oxygen atoms in total. The van der Waals surface area contributed by atoms with Crippen LogP contribution in [0.3, 0.4) is 0 Å². The predicted octanol–water partition coefficient (Wildman–Crippen LogP) is 6.56. The number of hydrogen-bond acceptors (Lipinski definition) is 5. The number of ether oxygens (including phenoxy) is 1. The lowest BCUT2D eigenvalue weighted by atomic mass is 9.95. The second-order valence-corrected chi connectivity index (χ2v) is 9.53. The van der Waals surface area contributed by atoms with Gasteiger partial charge < -0.3 is 10.1 Å². The Morgan fingerprint density at radius 2 is 1.67 bits per heavy atom. The van der Waals surface area contributed by atoms with E-state index in [1.165, 1.54) is 29.4 Å². The number of nitrogens with one attached hydrogen (secondary N) is 1. The number of nitrogens with zero attached hydrogens (tertiary/aromatic N) is 3. The van der Waals surface area contributed by atoms with E-state index in [9.17, 15) is 22.8 Å². The first kappa shape index (κ1) is 25.9. The van der Waals surface area contributed by atoms with Gasteiger partial charge in [-0.05, 0) is 62.7 Å². The van der Waals surface area contributed by atoms with Crippen LogP contribution in [-0.4, -0.2) is 27.4 Å². The van der Waals surface area contributed by atoms with Crippen molar-refractivity contribution in [2.24, 2.45) is 0 Å². The number of hydrogen-bond donors (Lipinski definition) is 1. The fourth-order valence-corrected chi connectivity index (χ4v) is 4.30. The molecule has 39 heavy (non-hydrogen) atoms. The Kier molecular flexibility index (Phi) is 6.33. The first-order valence-electron chi connectivity index (χ1n) is 12.0. The fourth-order valence-electron chi connectivity index (χ4n) is 4.30. The van der Waals surface area contributed by atoms with Gasteiger partial charge in [0, 0.05) is 23.6 Å².